The van der Waals surface area contributed by atoms with Crippen LogP contribution in [0, 0.1) is 5.82 Å². The van der Waals surface area contributed by atoms with Crippen LogP contribution in [0.2, 0.25) is 0 Å². The minimum atomic E-state index is -4.57. The molecule has 1 unspecified atom stereocenters. The van der Waals surface area contributed by atoms with E-state index >= 15 is 0 Å². The van der Waals surface area contributed by atoms with Gasteiger partial charge in [-0.25, -0.2) is 4.39 Å². The van der Waals surface area contributed by atoms with Crippen molar-refractivity contribution in [2.45, 2.75) is 33.0 Å². The molecule has 172 valence electrons. The minimum Gasteiger partial charge on any atom is -0.381 e. The lowest BCUT2D eigenvalue weighted by Gasteiger charge is -2.25. The van der Waals surface area contributed by atoms with E-state index in [9.17, 15) is 22.4 Å². The first-order valence-electron chi connectivity index (χ1n) is 10.4. The molecule has 1 heterocycles. The summed E-state index contributed by atoms with van der Waals surface area (Å²) in [5, 5.41) is 8.29. The van der Waals surface area contributed by atoms with Crippen molar-refractivity contribution in [3.05, 3.63) is 59.5 Å². The van der Waals surface area contributed by atoms with Crippen LogP contribution in [-0.4, -0.2) is 36.5 Å². The number of halogens is 4. The first-order chi connectivity index (χ1) is 15.1. The predicted molar refractivity (Wildman–Crippen MR) is 119 cm³/mol. The number of nitrogens with one attached hydrogen (secondary N) is 3. The molecule has 1 atom stereocenters. The number of hydrogen-bond donors (Lipinski definition) is 3. The van der Waals surface area contributed by atoms with Gasteiger partial charge in [0.2, 0.25) is 0 Å². The van der Waals surface area contributed by atoms with Gasteiger partial charge in [-0.15, -0.1) is 0 Å². The van der Waals surface area contributed by atoms with Crippen molar-refractivity contribution < 1.29 is 22.4 Å². The van der Waals surface area contributed by atoms with Crippen LogP contribution in [0.1, 0.15) is 31.9 Å². The largest absolute Gasteiger partial charge is 0.418 e. The zero-order valence-corrected chi connectivity index (χ0v) is 18.1. The van der Waals surface area contributed by atoms with Crippen LogP contribution < -0.4 is 16.0 Å². The van der Waals surface area contributed by atoms with Gasteiger partial charge in [0.1, 0.15) is 5.82 Å². The van der Waals surface area contributed by atoms with Gasteiger partial charge in [-0.1, -0.05) is 13.8 Å². The molecule has 2 aromatic rings. The molecule has 1 aliphatic rings. The fourth-order valence-corrected chi connectivity index (χ4v) is 3.63. The minimum absolute atomic E-state index is 0.0126. The molecular formula is C23H26F4N4O. The first-order valence-corrected chi connectivity index (χ1v) is 10.4. The molecule has 32 heavy (non-hydrogen) atoms. The van der Waals surface area contributed by atoms with E-state index in [1.807, 2.05) is 20.8 Å². The van der Waals surface area contributed by atoms with E-state index in [0.717, 1.165) is 19.2 Å². The van der Waals surface area contributed by atoms with Gasteiger partial charge in [0.05, 0.1) is 11.1 Å². The standard InChI is InChI=1S/C23H26F4N4O/c1-4-31(5-2)13-14(3)29-21-9-7-16(11-19(21)23(25,26)27)28-12-18-17-10-15(24)6-8-20(17)30-22(18)32/h6-12,14,28-29H,4-5,13H2,1-3H3,(H,30,32). The van der Waals surface area contributed by atoms with E-state index in [4.69, 9.17) is 0 Å². The molecule has 0 bridgehead atoms. The second-order valence-electron chi connectivity index (χ2n) is 7.64. The van der Waals surface area contributed by atoms with E-state index < -0.39 is 23.5 Å². The maximum Gasteiger partial charge on any atom is 0.418 e. The number of alkyl halides is 3. The third-order valence-electron chi connectivity index (χ3n) is 5.30. The second-order valence-corrected chi connectivity index (χ2v) is 7.64. The molecule has 1 amide bonds. The molecule has 0 fully saturated rings. The maximum atomic E-state index is 13.7. The third-order valence-corrected chi connectivity index (χ3v) is 5.30. The van der Waals surface area contributed by atoms with Crippen LogP contribution in [0.25, 0.3) is 5.57 Å². The Labute approximate surface area is 184 Å². The molecule has 9 heteroatoms. The van der Waals surface area contributed by atoms with Crippen LogP contribution in [0.3, 0.4) is 0 Å². The van der Waals surface area contributed by atoms with Crippen molar-refractivity contribution in [1.29, 1.82) is 0 Å². The number of anilines is 3. The van der Waals surface area contributed by atoms with Crippen molar-refractivity contribution in [2.75, 3.05) is 35.6 Å². The predicted octanol–water partition coefficient (Wildman–Crippen LogP) is 5.39. The summed E-state index contributed by atoms with van der Waals surface area (Å²) in [5.74, 6) is -0.975. The van der Waals surface area contributed by atoms with Crippen molar-refractivity contribution in [1.82, 2.24) is 4.90 Å². The Morgan fingerprint density at radius 3 is 2.50 bits per heavy atom. The summed E-state index contributed by atoms with van der Waals surface area (Å²) in [6, 6.07) is 7.52. The highest BCUT2D eigenvalue weighted by molar-refractivity contribution is 6.31. The number of rotatable bonds is 8. The Morgan fingerprint density at radius 2 is 1.84 bits per heavy atom. The highest BCUT2D eigenvalue weighted by Gasteiger charge is 2.34. The molecule has 0 saturated carbocycles. The number of carbonyl (C=O) groups excluding carboxylic acids is 1. The highest BCUT2D eigenvalue weighted by Crippen LogP contribution is 2.37. The van der Waals surface area contributed by atoms with Crippen LogP contribution in [0.15, 0.2) is 42.6 Å². The van der Waals surface area contributed by atoms with Gasteiger partial charge in [-0.3, -0.25) is 4.79 Å². The Balaban J connectivity index is 1.83. The van der Waals surface area contributed by atoms with E-state index in [2.05, 4.69) is 20.9 Å². The topological polar surface area (TPSA) is 56.4 Å². The molecule has 3 N–H and O–H groups in total. The van der Waals surface area contributed by atoms with Crippen molar-refractivity contribution in [2.24, 2.45) is 0 Å². The maximum absolute atomic E-state index is 13.7. The first kappa shape index (κ1) is 23.6. The molecule has 0 radical (unpaired) electrons. The molecule has 0 spiro atoms. The van der Waals surface area contributed by atoms with Gasteiger partial charge in [-0.2, -0.15) is 13.2 Å². The summed E-state index contributed by atoms with van der Waals surface area (Å²) in [7, 11) is 0. The summed E-state index contributed by atoms with van der Waals surface area (Å²) in [5.41, 5.74) is 0.271. The number of hydrogen-bond acceptors (Lipinski definition) is 4. The molecule has 0 saturated heterocycles. The lowest BCUT2D eigenvalue weighted by molar-refractivity contribution is -0.137. The number of likely N-dealkylation sites (N-methyl/N-ethyl adjacent to an activating group) is 1. The normalized spacial score (nSPS) is 15.6. The fourth-order valence-electron chi connectivity index (χ4n) is 3.63. The summed E-state index contributed by atoms with van der Waals surface area (Å²) in [4.78, 5) is 14.3. The monoisotopic (exact) mass is 450 g/mol. The number of amides is 1. The SMILES string of the molecule is CCN(CC)CC(C)Nc1ccc(NC=C2C(=O)Nc3ccc(F)cc32)cc1C(F)(F)F. The molecular weight excluding hydrogens is 424 g/mol. The van der Waals surface area contributed by atoms with Gasteiger partial charge in [0.25, 0.3) is 5.91 Å². The smallest absolute Gasteiger partial charge is 0.381 e. The van der Waals surface area contributed by atoms with Crippen LogP contribution in [-0.2, 0) is 11.0 Å². The molecule has 0 aliphatic carbocycles. The fraction of sp³-hybridized carbons (Fsp3) is 0.348. The highest BCUT2D eigenvalue weighted by atomic mass is 19.4. The second kappa shape index (κ2) is 9.60. The number of benzene rings is 2. The number of carbonyl (C=O) groups is 1. The van der Waals surface area contributed by atoms with Gasteiger partial charge in [0, 0.05) is 41.4 Å². The summed E-state index contributed by atoms with van der Waals surface area (Å²) in [6.45, 7) is 8.08. The summed E-state index contributed by atoms with van der Waals surface area (Å²) < 4.78 is 54.7. The third kappa shape index (κ3) is 5.40. The Morgan fingerprint density at radius 1 is 1.12 bits per heavy atom. The average molecular weight is 450 g/mol. The number of nitrogens with zero attached hydrogens (tertiary/aromatic N) is 1. The van der Waals surface area contributed by atoms with Gasteiger partial charge in [-0.05, 0) is 56.4 Å². The average Bonchev–Trinajstić information content (AvgIpc) is 3.04. The van der Waals surface area contributed by atoms with Crippen LogP contribution in [0.4, 0.5) is 34.6 Å². The summed E-state index contributed by atoms with van der Waals surface area (Å²) >= 11 is 0. The van der Waals surface area contributed by atoms with Crippen molar-refractivity contribution in [3.8, 4) is 0 Å². The van der Waals surface area contributed by atoms with E-state index in [1.54, 1.807) is 0 Å². The zero-order valence-electron chi connectivity index (χ0n) is 18.1. The van der Waals surface area contributed by atoms with Gasteiger partial charge < -0.3 is 20.9 Å². The Bertz CT molecular complexity index is 1020. The lowest BCUT2D eigenvalue weighted by Crippen LogP contribution is -2.35. The molecule has 1 aliphatic heterocycles. The van der Waals surface area contributed by atoms with E-state index in [0.29, 0.717) is 17.8 Å². The van der Waals surface area contributed by atoms with Gasteiger partial charge in [0.15, 0.2) is 0 Å². The van der Waals surface area contributed by atoms with E-state index in [1.165, 1.54) is 36.5 Å². The van der Waals surface area contributed by atoms with Crippen LogP contribution >= 0.6 is 0 Å². The molecule has 5 nitrogen and oxygen atoms in total. The quantitative estimate of drug-likeness (QED) is 0.373. The molecule has 2 aromatic carbocycles. The van der Waals surface area contributed by atoms with E-state index in [-0.39, 0.29) is 23.0 Å². The van der Waals surface area contributed by atoms with Gasteiger partial charge >= 0.3 is 6.18 Å². The Hall–Kier alpha value is -3.07. The van der Waals surface area contributed by atoms with Crippen molar-refractivity contribution in [3.63, 3.8) is 0 Å². The molecule has 3 rings (SSSR count). The molecule has 0 aromatic heterocycles. The Kier molecular flexibility index (Phi) is 7.08. The zero-order chi connectivity index (χ0) is 23.5. The summed E-state index contributed by atoms with van der Waals surface area (Å²) in [6.07, 6.45) is -3.28. The van der Waals surface area contributed by atoms with Crippen LogP contribution in [0.5, 0.6) is 0 Å². The number of fused-ring (bicyclic) bond motifs is 1. The lowest BCUT2D eigenvalue weighted by atomic mass is 10.1. The van der Waals surface area contributed by atoms with Crippen molar-refractivity contribution >= 4 is 28.5 Å².